The Morgan fingerprint density at radius 2 is 1.83 bits per heavy atom. The Labute approximate surface area is 173 Å². The third kappa shape index (κ3) is 4.19. The Balaban J connectivity index is 2.07. The SMILES string of the molecule is COc1ccc(C(O)=C2C(=O)C(=O)N(CCNCCO)C2c2ccccc2F)cc1. The predicted molar refractivity (Wildman–Crippen MR) is 108 cm³/mol. The molecule has 3 N–H and O–H groups in total. The molecule has 7 nitrogen and oxygen atoms in total. The number of likely N-dealkylation sites (tertiary alicyclic amines) is 1. The maximum atomic E-state index is 14.6. The van der Waals surface area contributed by atoms with E-state index in [1.165, 1.54) is 30.2 Å². The molecule has 3 rings (SSSR count). The standard InChI is InChI=1S/C22H23FN2O5/c1-30-15-8-6-14(7-9-15)20(27)18-19(16-4-2-3-5-17(16)23)25(22(29)21(18)28)12-10-24-11-13-26/h2-9,19,24,26-27H,10-13H2,1H3. The van der Waals surface area contributed by atoms with Gasteiger partial charge < -0.3 is 25.2 Å². The average Bonchev–Trinajstić information content (AvgIpc) is 3.01. The molecule has 1 heterocycles. The molecule has 1 atom stereocenters. The normalized spacial score (nSPS) is 18.1. The van der Waals surface area contributed by atoms with Gasteiger partial charge in [0.15, 0.2) is 0 Å². The predicted octanol–water partition coefficient (Wildman–Crippen LogP) is 1.84. The summed E-state index contributed by atoms with van der Waals surface area (Å²) in [6.45, 7) is 0.636. The van der Waals surface area contributed by atoms with Crippen molar-refractivity contribution < 1.29 is 28.9 Å². The molecule has 8 heteroatoms. The summed E-state index contributed by atoms with van der Waals surface area (Å²) in [7, 11) is 1.50. The second-order valence-corrected chi connectivity index (χ2v) is 6.72. The van der Waals surface area contributed by atoms with E-state index >= 15 is 0 Å². The molecule has 2 aromatic rings. The molecule has 1 unspecified atom stereocenters. The van der Waals surface area contributed by atoms with Crippen molar-refractivity contribution in [2.45, 2.75) is 6.04 Å². The molecule has 30 heavy (non-hydrogen) atoms. The highest BCUT2D eigenvalue weighted by atomic mass is 19.1. The van der Waals surface area contributed by atoms with E-state index in [0.29, 0.717) is 24.4 Å². The van der Waals surface area contributed by atoms with Crippen molar-refractivity contribution in [1.29, 1.82) is 0 Å². The van der Waals surface area contributed by atoms with Crippen LogP contribution in [0.25, 0.3) is 5.76 Å². The zero-order valence-electron chi connectivity index (χ0n) is 16.5. The van der Waals surface area contributed by atoms with Crippen molar-refractivity contribution >= 4 is 17.4 Å². The van der Waals surface area contributed by atoms with Crippen molar-refractivity contribution in [3.05, 3.63) is 71.0 Å². The van der Waals surface area contributed by atoms with E-state index in [2.05, 4.69) is 5.32 Å². The molecular weight excluding hydrogens is 391 g/mol. The van der Waals surface area contributed by atoms with Gasteiger partial charge in [-0.2, -0.15) is 0 Å². The van der Waals surface area contributed by atoms with E-state index < -0.39 is 23.5 Å². The van der Waals surface area contributed by atoms with Crippen LogP contribution in [0.15, 0.2) is 54.1 Å². The Kier molecular flexibility index (Phi) is 6.81. The number of benzene rings is 2. The summed E-state index contributed by atoms with van der Waals surface area (Å²) in [5, 5.41) is 22.7. The number of carbonyl (C=O) groups excluding carboxylic acids is 2. The van der Waals surface area contributed by atoms with Gasteiger partial charge >= 0.3 is 0 Å². The number of ether oxygens (including phenoxy) is 1. The molecule has 0 aromatic heterocycles. The summed E-state index contributed by atoms with van der Waals surface area (Å²) in [6.07, 6.45) is 0. The Hall–Kier alpha value is -3.23. The lowest BCUT2D eigenvalue weighted by Gasteiger charge is -2.25. The van der Waals surface area contributed by atoms with Gasteiger partial charge in [0.2, 0.25) is 0 Å². The number of rotatable bonds is 8. The van der Waals surface area contributed by atoms with Crippen LogP contribution >= 0.6 is 0 Å². The smallest absolute Gasteiger partial charge is 0.295 e. The molecule has 1 amide bonds. The molecule has 1 fully saturated rings. The summed E-state index contributed by atoms with van der Waals surface area (Å²) < 4.78 is 19.7. The Morgan fingerprint density at radius 3 is 2.47 bits per heavy atom. The first-order chi connectivity index (χ1) is 14.5. The van der Waals surface area contributed by atoms with E-state index in [1.54, 1.807) is 30.3 Å². The molecule has 0 spiro atoms. The van der Waals surface area contributed by atoms with Gasteiger partial charge in [-0.05, 0) is 30.3 Å². The second kappa shape index (κ2) is 9.51. The molecule has 1 saturated heterocycles. The monoisotopic (exact) mass is 414 g/mol. The number of hydrogen-bond acceptors (Lipinski definition) is 6. The van der Waals surface area contributed by atoms with Crippen LogP contribution in [0.5, 0.6) is 5.75 Å². The van der Waals surface area contributed by atoms with Crippen molar-refractivity contribution in [2.75, 3.05) is 33.4 Å². The Bertz CT molecular complexity index is 958. The number of nitrogens with zero attached hydrogens (tertiary/aromatic N) is 1. The number of nitrogens with one attached hydrogen (secondary N) is 1. The molecule has 0 radical (unpaired) electrons. The minimum atomic E-state index is -1.07. The lowest BCUT2D eigenvalue weighted by atomic mass is 9.95. The minimum absolute atomic E-state index is 0.0764. The minimum Gasteiger partial charge on any atom is -0.507 e. The average molecular weight is 414 g/mol. The van der Waals surface area contributed by atoms with Gasteiger partial charge in [-0.3, -0.25) is 9.59 Å². The van der Waals surface area contributed by atoms with E-state index in [9.17, 15) is 19.1 Å². The Morgan fingerprint density at radius 1 is 1.13 bits per heavy atom. The van der Waals surface area contributed by atoms with E-state index in [1.807, 2.05) is 0 Å². The number of methoxy groups -OCH3 is 1. The number of ketones is 1. The topological polar surface area (TPSA) is 99.1 Å². The van der Waals surface area contributed by atoms with Crippen LogP contribution < -0.4 is 10.1 Å². The first-order valence-corrected chi connectivity index (χ1v) is 9.48. The molecular formula is C22H23FN2O5. The highest BCUT2D eigenvalue weighted by molar-refractivity contribution is 6.46. The highest BCUT2D eigenvalue weighted by Gasteiger charge is 2.46. The fraction of sp³-hybridized carbons (Fsp3) is 0.273. The molecule has 0 saturated carbocycles. The molecule has 1 aliphatic heterocycles. The van der Waals surface area contributed by atoms with E-state index in [4.69, 9.17) is 9.84 Å². The van der Waals surface area contributed by atoms with Crippen LogP contribution in [0, 0.1) is 5.82 Å². The van der Waals surface area contributed by atoms with E-state index in [-0.39, 0.29) is 30.0 Å². The first-order valence-electron chi connectivity index (χ1n) is 9.48. The van der Waals surface area contributed by atoms with Crippen LogP contribution in [0.2, 0.25) is 0 Å². The summed E-state index contributed by atoms with van der Waals surface area (Å²) in [5.41, 5.74) is 0.264. The number of amides is 1. The number of aliphatic hydroxyl groups is 2. The van der Waals surface area contributed by atoms with Gasteiger partial charge in [-0.1, -0.05) is 18.2 Å². The largest absolute Gasteiger partial charge is 0.507 e. The van der Waals surface area contributed by atoms with Gasteiger partial charge in [0.1, 0.15) is 17.3 Å². The third-order valence-electron chi connectivity index (χ3n) is 4.92. The van der Waals surface area contributed by atoms with Crippen LogP contribution in [-0.4, -0.2) is 60.2 Å². The highest BCUT2D eigenvalue weighted by Crippen LogP contribution is 2.40. The molecule has 0 bridgehead atoms. The molecule has 1 aliphatic rings. The van der Waals surface area contributed by atoms with Crippen molar-refractivity contribution in [3.8, 4) is 5.75 Å². The summed E-state index contributed by atoms with van der Waals surface area (Å²) in [5.74, 6) is -2.09. The number of halogens is 1. The van der Waals surface area contributed by atoms with Gasteiger partial charge in [0, 0.05) is 30.8 Å². The maximum Gasteiger partial charge on any atom is 0.295 e. The summed E-state index contributed by atoms with van der Waals surface area (Å²) in [4.78, 5) is 26.8. The van der Waals surface area contributed by atoms with Gasteiger partial charge in [-0.15, -0.1) is 0 Å². The van der Waals surface area contributed by atoms with Crippen molar-refractivity contribution in [1.82, 2.24) is 10.2 Å². The molecule has 158 valence electrons. The number of Topliss-reactive ketones (excluding diaryl/α,β-unsaturated/α-hetero) is 1. The van der Waals surface area contributed by atoms with Crippen molar-refractivity contribution in [3.63, 3.8) is 0 Å². The fourth-order valence-electron chi connectivity index (χ4n) is 3.44. The van der Waals surface area contributed by atoms with Gasteiger partial charge in [0.25, 0.3) is 11.7 Å². The molecule has 0 aliphatic carbocycles. The van der Waals surface area contributed by atoms with Crippen LogP contribution in [0.1, 0.15) is 17.2 Å². The van der Waals surface area contributed by atoms with Gasteiger partial charge in [-0.25, -0.2) is 4.39 Å². The number of hydrogen-bond donors (Lipinski definition) is 3. The summed E-state index contributed by atoms with van der Waals surface area (Å²) in [6, 6.07) is 11.1. The third-order valence-corrected chi connectivity index (χ3v) is 4.92. The summed E-state index contributed by atoms with van der Waals surface area (Å²) >= 11 is 0. The second-order valence-electron chi connectivity index (χ2n) is 6.72. The first kappa shape index (κ1) is 21.5. The quantitative estimate of drug-likeness (QED) is 0.264. The van der Waals surface area contributed by atoms with Crippen molar-refractivity contribution in [2.24, 2.45) is 0 Å². The van der Waals surface area contributed by atoms with Gasteiger partial charge in [0.05, 0.1) is 25.3 Å². The number of carbonyl (C=O) groups is 2. The van der Waals surface area contributed by atoms with Crippen LogP contribution in [-0.2, 0) is 9.59 Å². The molecule has 2 aromatic carbocycles. The van der Waals surface area contributed by atoms with E-state index in [0.717, 1.165) is 0 Å². The zero-order valence-corrected chi connectivity index (χ0v) is 16.5. The zero-order chi connectivity index (χ0) is 21.7. The van der Waals surface area contributed by atoms with Crippen LogP contribution in [0.4, 0.5) is 4.39 Å². The van der Waals surface area contributed by atoms with Crippen LogP contribution in [0.3, 0.4) is 0 Å². The fourth-order valence-corrected chi connectivity index (χ4v) is 3.44. The lowest BCUT2D eigenvalue weighted by molar-refractivity contribution is -0.139. The lowest BCUT2D eigenvalue weighted by Crippen LogP contribution is -2.36. The number of aliphatic hydroxyl groups excluding tert-OH is 2. The maximum absolute atomic E-state index is 14.6.